The van der Waals surface area contributed by atoms with Crippen LogP contribution in [0.4, 0.5) is 0 Å². The Morgan fingerprint density at radius 1 is 0.339 bits per heavy atom. The molecular weight excluding hydrogens is 1450 g/mol. The number of carbonyl (C=O) groups is 7. The molecule has 21 heteroatoms. The molecule has 21 nitrogen and oxygen atoms in total. The Morgan fingerprint density at radius 3 is 0.843 bits per heavy atom. The quantitative estimate of drug-likeness (QED) is 0.0291. The van der Waals surface area contributed by atoms with E-state index in [2.05, 4.69) is 119 Å². The van der Waals surface area contributed by atoms with E-state index < -0.39 is 18.3 Å². The first kappa shape index (κ1) is 116. The molecule has 0 aliphatic heterocycles. The van der Waals surface area contributed by atoms with Crippen LogP contribution in [0.25, 0.3) is 0 Å². The Hall–Kier alpha value is -5.29. The van der Waals surface area contributed by atoms with E-state index in [-0.39, 0.29) is 127 Å². The largest absolute Gasteiger partial charge is 0.369 e. The lowest BCUT2D eigenvalue weighted by atomic mass is 9.81. The summed E-state index contributed by atoms with van der Waals surface area (Å²) in [5, 5.41) is 20.7. The molecule has 9 unspecified atom stereocenters. The molecule has 3 aliphatic carbocycles. The molecule has 7 amide bonds. The van der Waals surface area contributed by atoms with Gasteiger partial charge >= 0.3 is 0 Å². The summed E-state index contributed by atoms with van der Waals surface area (Å²) in [5.41, 5.74) is -1.56. The van der Waals surface area contributed by atoms with Crippen molar-refractivity contribution in [3.63, 3.8) is 0 Å². The molecule has 3 aliphatic rings. The van der Waals surface area contributed by atoms with E-state index in [0.717, 1.165) is 31.6 Å². The van der Waals surface area contributed by atoms with Gasteiger partial charge in [0, 0.05) is 52.0 Å². The fraction of sp³-hybridized carbons (Fsp3) is 0.819. The highest BCUT2D eigenvalue weighted by molar-refractivity contribution is 5.84. The molecule has 3 fully saturated rings. The highest BCUT2D eigenvalue weighted by Crippen LogP contribution is 2.42. The van der Waals surface area contributed by atoms with Crippen LogP contribution in [-0.4, -0.2) is 169 Å². The molecule has 7 N–H and O–H groups in total. The maximum atomic E-state index is 12.1. The van der Waals surface area contributed by atoms with Crippen molar-refractivity contribution < 1.29 is 66.7 Å². The molecule has 674 valence electrons. The second-order valence-electron chi connectivity index (χ2n) is 42.2. The summed E-state index contributed by atoms with van der Waals surface area (Å²) >= 11 is 0. The van der Waals surface area contributed by atoms with E-state index in [1.165, 1.54) is 51.4 Å². The minimum Gasteiger partial charge on any atom is -0.369 e. The molecule has 3 rings (SSSR count). The maximum Gasteiger partial charge on any atom is 0.250 e. The predicted octanol–water partition coefficient (Wildman–Crippen LogP) is 18.4. The highest BCUT2D eigenvalue weighted by atomic mass is 16.5. The second-order valence-corrected chi connectivity index (χ2v) is 42.2. The van der Waals surface area contributed by atoms with Crippen LogP contribution >= 0.6 is 0 Å². The Morgan fingerprint density at radius 2 is 0.583 bits per heavy atom. The van der Waals surface area contributed by atoms with Gasteiger partial charge in [-0.15, -0.1) is 32.9 Å². The third-order valence-electron chi connectivity index (χ3n) is 16.8. The zero-order chi connectivity index (χ0) is 90.5. The molecule has 9 atom stereocenters. The smallest absolute Gasteiger partial charge is 0.250 e. The zero-order valence-corrected chi connectivity index (χ0v) is 80.2. The number of hydrogen-bond acceptors (Lipinski definition) is 14. The molecule has 0 aromatic carbocycles. The summed E-state index contributed by atoms with van der Waals surface area (Å²) in [6.07, 6.45) is 19.9. The first-order valence-corrected chi connectivity index (χ1v) is 42.7. The number of carbonyl (C=O) groups excluding carboxylic acids is 7. The Labute approximate surface area is 704 Å². The molecule has 0 radical (unpaired) electrons. The molecular formula is C94H179N7O14. The van der Waals surface area contributed by atoms with Gasteiger partial charge in [-0.1, -0.05) is 158 Å². The van der Waals surface area contributed by atoms with Gasteiger partial charge in [0.25, 0.3) is 0 Å². The first-order valence-electron chi connectivity index (χ1n) is 42.7. The van der Waals surface area contributed by atoms with Crippen molar-refractivity contribution in [1.29, 1.82) is 0 Å². The van der Waals surface area contributed by atoms with Crippen LogP contribution in [0.15, 0.2) is 63.3 Å². The molecule has 0 aromatic heterocycles. The minimum absolute atomic E-state index is 0.00144. The van der Waals surface area contributed by atoms with Gasteiger partial charge in [0.1, 0.15) is 42.7 Å². The second kappa shape index (κ2) is 55.5. The summed E-state index contributed by atoms with van der Waals surface area (Å²) in [4.78, 5) is 84.2. The van der Waals surface area contributed by atoms with Crippen LogP contribution < -0.4 is 37.2 Å². The average molecular weight is 1630 g/mol. The van der Waals surface area contributed by atoms with Crippen LogP contribution in [0.5, 0.6) is 0 Å². The lowest BCUT2D eigenvalue weighted by Crippen LogP contribution is -2.50. The highest BCUT2D eigenvalue weighted by Gasteiger charge is 2.39. The van der Waals surface area contributed by atoms with E-state index in [4.69, 9.17) is 33.2 Å². The van der Waals surface area contributed by atoms with E-state index in [9.17, 15) is 33.6 Å². The summed E-state index contributed by atoms with van der Waals surface area (Å²) in [6, 6.07) is 0. The fourth-order valence-electron chi connectivity index (χ4n) is 11.6. The third-order valence-corrected chi connectivity index (χ3v) is 16.8. The standard InChI is InChI=1S/C14H25NO2.C14H27NO2.C14H25NO2.C14H27NO2.C13H27NO2.C13H25NO2.C12H23NO2/c1-6-7-17-12(9-11-8-10(11)2)13(16)15-14(3,4)5;1-5-17-12(10-11-8-6-7-9-11)13(16)15-14(2,3)4;1-5-9-17-12(10-11-7-6-8-11)13(16)15-14(2,3)4;1-8-9-17-11(10-13(2,3)4)12(16)15-14(5,6)7;1-8-16-10(9-12(2,3)4)11(15)14-13(5,6)7;1-8-9-16-10(12(2,3)4)11(15)14-13(5,6)7;1-7-8-15-10(9(2)3)11(14)13-12(4,5)6/h6,10-12H,1,7-9H2,2-5H3,(H,15,16);11-12H,5-10H2,1-4H3,(H,15,16);5,11-12H,1,6-10H2,2-4H3,(H,15,16);8,11H,1,9-10H2,2-7H3,(H,15,16);10H,8-9H2,1-7H3,(H,14,15);8,10H,1,9H2,2-7H3,(H,14,15);7,9-10H,1,8H2,2-6H3,(H,13,14). The van der Waals surface area contributed by atoms with Crippen LogP contribution in [0.1, 0.15) is 326 Å². The normalized spacial score (nSPS) is 17.2. The zero-order valence-electron chi connectivity index (χ0n) is 80.2. The summed E-state index contributed by atoms with van der Waals surface area (Å²) in [6.45, 7) is 91.3. The van der Waals surface area contributed by atoms with Gasteiger partial charge in [-0.2, -0.15) is 0 Å². The van der Waals surface area contributed by atoms with Gasteiger partial charge < -0.3 is 70.4 Å². The number of nitrogens with one attached hydrogen (secondary N) is 7. The molecule has 0 aromatic rings. The van der Waals surface area contributed by atoms with Crippen LogP contribution in [0, 0.1) is 45.8 Å². The monoisotopic (exact) mass is 1630 g/mol. The number of amides is 7. The van der Waals surface area contributed by atoms with Crippen molar-refractivity contribution in [2.24, 2.45) is 45.8 Å². The number of rotatable bonds is 35. The number of ether oxygens (including phenoxy) is 7. The van der Waals surface area contributed by atoms with Crippen LogP contribution in [0.2, 0.25) is 0 Å². The van der Waals surface area contributed by atoms with Crippen molar-refractivity contribution in [2.45, 2.75) is 407 Å². The van der Waals surface area contributed by atoms with Crippen molar-refractivity contribution in [1.82, 2.24) is 37.2 Å². The first-order chi connectivity index (χ1) is 52.1. The van der Waals surface area contributed by atoms with Crippen LogP contribution in [-0.2, 0) is 66.7 Å². The van der Waals surface area contributed by atoms with Gasteiger partial charge in [-0.25, -0.2) is 0 Å². The summed E-state index contributed by atoms with van der Waals surface area (Å²) in [7, 11) is 0. The van der Waals surface area contributed by atoms with Gasteiger partial charge in [0.2, 0.25) is 41.4 Å². The SMILES string of the molecule is C=CCOC(C(=O)NC(C)(C)C)C(C)(C)C.C=CCOC(C(=O)NC(C)(C)C)C(C)C.C=CCOC(CC(C)(C)C)C(=O)NC(C)(C)C.C=CCOC(CC1CC1C)C(=O)NC(C)(C)C.C=CCOC(CC1CCC1)C(=O)NC(C)(C)C.CCOC(CC(C)(C)C)C(=O)NC(C)(C)C.CCOC(CC1CCCC1)C(=O)NC(C)(C)C. The Kier molecular flexibility index (Phi) is 56.0. The summed E-state index contributed by atoms with van der Waals surface area (Å²) < 4.78 is 38.8. The van der Waals surface area contributed by atoms with Gasteiger partial charge in [-0.05, 0) is 244 Å². The molecule has 3 saturated carbocycles. The molecule has 0 heterocycles. The van der Waals surface area contributed by atoms with Gasteiger partial charge in [0.15, 0.2) is 0 Å². The van der Waals surface area contributed by atoms with Crippen molar-refractivity contribution in [3.05, 3.63) is 63.3 Å². The van der Waals surface area contributed by atoms with Crippen molar-refractivity contribution in [2.75, 3.05) is 46.2 Å². The van der Waals surface area contributed by atoms with Crippen LogP contribution in [0.3, 0.4) is 0 Å². The molecule has 0 spiro atoms. The van der Waals surface area contributed by atoms with Gasteiger partial charge in [-0.3, -0.25) is 33.6 Å². The van der Waals surface area contributed by atoms with E-state index in [1.807, 2.05) is 194 Å². The maximum absolute atomic E-state index is 12.1. The fourth-order valence-corrected chi connectivity index (χ4v) is 11.6. The molecule has 115 heavy (non-hydrogen) atoms. The van der Waals surface area contributed by atoms with E-state index in [0.29, 0.717) is 70.4 Å². The minimum atomic E-state index is -0.454. The summed E-state index contributed by atoms with van der Waals surface area (Å²) in [5.74, 6) is 2.76. The Balaban J connectivity index is -0.000000625. The molecule has 0 saturated heterocycles. The number of hydrogen-bond donors (Lipinski definition) is 7. The predicted molar refractivity (Wildman–Crippen MR) is 479 cm³/mol. The van der Waals surface area contributed by atoms with E-state index in [1.54, 1.807) is 30.4 Å². The lowest BCUT2D eigenvalue weighted by molar-refractivity contribution is -0.140. The van der Waals surface area contributed by atoms with Crippen molar-refractivity contribution >= 4 is 41.4 Å². The topological polar surface area (TPSA) is 268 Å². The third kappa shape index (κ3) is 68.2. The van der Waals surface area contributed by atoms with Crippen molar-refractivity contribution in [3.8, 4) is 0 Å². The Bertz CT molecular complexity index is 2730. The average Bonchev–Trinajstić information content (AvgIpc) is 1.62. The lowest BCUT2D eigenvalue weighted by Gasteiger charge is -2.32. The van der Waals surface area contributed by atoms with Gasteiger partial charge in [0.05, 0.1) is 33.0 Å². The molecule has 0 bridgehead atoms. The van der Waals surface area contributed by atoms with E-state index >= 15 is 0 Å².